The summed E-state index contributed by atoms with van der Waals surface area (Å²) in [6, 6.07) is 0. The van der Waals surface area contributed by atoms with Crippen LogP contribution in [0.15, 0.2) is 49.1 Å². The Morgan fingerprint density at radius 2 is 1.00 bits per heavy atom. The molecule has 0 aromatic carbocycles. The van der Waals surface area contributed by atoms with Crippen molar-refractivity contribution in [1.29, 1.82) is 0 Å². The van der Waals surface area contributed by atoms with Crippen molar-refractivity contribution in [2.45, 2.75) is 13.1 Å². The van der Waals surface area contributed by atoms with Gasteiger partial charge in [-0.05, 0) is 13.1 Å². The third kappa shape index (κ3) is 3.30. The normalized spacial score (nSPS) is 11.8. The molecule has 0 fully saturated rings. The van der Waals surface area contributed by atoms with Crippen LogP contribution in [0, 0.1) is 0 Å². The lowest BCUT2D eigenvalue weighted by atomic mass is 11.2. The zero-order valence-electron chi connectivity index (χ0n) is 8.64. The van der Waals surface area contributed by atoms with Gasteiger partial charge in [-0.1, -0.05) is 22.8 Å². The summed E-state index contributed by atoms with van der Waals surface area (Å²) in [5.74, 6) is 0. The molecule has 0 saturated heterocycles. The van der Waals surface area contributed by atoms with E-state index in [1.165, 1.54) is 0 Å². The first kappa shape index (κ1) is 12.4. The van der Waals surface area contributed by atoms with Gasteiger partial charge in [-0.25, -0.2) is 0 Å². The van der Waals surface area contributed by atoms with Gasteiger partial charge >= 0.3 is 0 Å². The predicted octanol–water partition coefficient (Wildman–Crippen LogP) is 2.63. The van der Waals surface area contributed by atoms with Gasteiger partial charge in [0.1, 0.15) is 0 Å². The minimum atomic E-state index is -1.68. The molecule has 3 heteroatoms. The van der Waals surface area contributed by atoms with Crippen LogP contribution in [0.2, 0.25) is 13.1 Å². The summed E-state index contributed by atoms with van der Waals surface area (Å²) >= 11 is 0. The summed E-state index contributed by atoms with van der Waals surface area (Å²) in [6.45, 7) is 19.7. The van der Waals surface area contributed by atoms with E-state index in [9.17, 15) is 0 Å². The Morgan fingerprint density at radius 1 is 0.769 bits per heavy atom. The van der Waals surface area contributed by atoms with Gasteiger partial charge in [0.05, 0.1) is 0 Å². The van der Waals surface area contributed by atoms with Crippen LogP contribution in [0.3, 0.4) is 0 Å². The molecule has 1 N–H and O–H groups in total. The molecule has 0 aliphatic carbocycles. The van der Waals surface area contributed by atoms with Crippen molar-refractivity contribution >= 4 is 16.5 Å². The summed E-state index contributed by atoms with van der Waals surface area (Å²) in [5, 5.41) is 0. The van der Waals surface area contributed by atoms with E-state index in [1.54, 1.807) is 0 Å². The molecule has 0 spiro atoms. The molecule has 0 aliphatic heterocycles. The quantitative estimate of drug-likeness (QED) is 0.663. The van der Waals surface area contributed by atoms with Crippen LogP contribution in [0.4, 0.5) is 0 Å². The smallest absolute Gasteiger partial charge is 0.164 e. The summed E-state index contributed by atoms with van der Waals surface area (Å²) in [5.41, 5.74) is 7.94. The molecule has 1 nitrogen and oxygen atoms in total. The average Bonchev–Trinajstić information content (AvgIpc) is 2.17. The Kier molecular flexibility index (Phi) is 4.32. The largest absolute Gasteiger partial charge is 0.347 e. The third-order valence-electron chi connectivity index (χ3n) is 2.23. The highest BCUT2D eigenvalue weighted by Crippen LogP contribution is 2.08. The molecule has 0 aromatic heterocycles. The molecule has 0 bridgehead atoms. The van der Waals surface area contributed by atoms with Gasteiger partial charge in [0.15, 0.2) is 16.5 Å². The molecule has 0 saturated carbocycles. The predicted molar refractivity (Wildman–Crippen MR) is 67.2 cm³/mol. The van der Waals surface area contributed by atoms with Gasteiger partial charge in [0.25, 0.3) is 0 Å². The van der Waals surface area contributed by atoms with E-state index in [0.717, 1.165) is 0 Å². The Morgan fingerprint density at radius 3 is 1.15 bits per heavy atom. The van der Waals surface area contributed by atoms with Crippen molar-refractivity contribution in [3.8, 4) is 0 Å². The highest BCUT2D eigenvalue weighted by molar-refractivity contribution is 7.00. The topological polar surface area (TPSA) is 12.0 Å². The molecule has 0 heterocycles. The summed E-state index contributed by atoms with van der Waals surface area (Å²) < 4.78 is 3.61. The lowest BCUT2D eigenvalue weighted by Gasteiger charge is -2.30. The molecule has 13 heavy (non-hydrogen) atoms. The molecular formula is C10H19NSi2. The average molecular weight is 209 g/mol. The summed E-state index contributed by atoms with van der Waals surface area (Å²) in [6.07, 6.45) is 0. The molecule has 0 rings (SSSR count). The molecule has 0 atom stereocenters. The number of hydrogen-bond donors (Lipinski definition) is 1. The van der Waals surface area contributed by atoms with E-state index >= 15 is 0 Å². The Hall–Kier alpha value is -0.646. The second-order valence-corrected chi connectivity index (χ2v) is 11.3. The molecule has 0 radical (unpaired) electrons. The van der Waals surface area contributed by atoms with Gasteiger partial charge in [-0.3, -0.25) is 0 Å². The number of nitrogens with one attached hydrogen (secondary N) is 1. The SMILES string of the molecule is C=C[Si](C)(C=C)N[Si](C)(C=C)C=C. The maximum absolute atomic E-state index is 3.84. The fraction of sp³-hybridized carbons (Fsp3) is 0.200. The van der Waals surface area contributed by atoms with Crippen LogP contribution in [0.25, 0.3) is 0 Å². The van der Waals surface area contributed by atoms with Gasteiger partial charge in [0.2, 0.25) is 0 Å². The first-order valence-electron chi connectivity index (χ1n) is 4.29. The second kappa shape index (κ2) is 4.55. The highest BCUT2D eigenvalue weighted by Gasteiger charge is 2.29. The summed E-state index contributed by atoms with van der Waals surface area (Å²) in [7, 11) is -3.36. The summed E-state index contributed by atoms with van der Waals surface area (Å²) in [4.78, 5) is 0. The lowest BCUT2D eigenvalue weighted by Crippen LogP contribution is -2.58. The van der Waals surface area contributed by atoms with Gasteiger partial charge in [0, 0.05) is 0 Å². The van der Waals surface area contributed by atoms with Gasteiger partial charge < -0.3 is 4.65 Å². The molecule has 72 valence electrons. The number of rotatable bonds is 6. The second-order valence-electron chi connectivity index (χ2n) is 3.51. The first-order chi connectivity index (χ1) is 5.95. The van der Waals surface area contributed by atoms with E-state index in [4.69, 9.17) is 0 Å². The number of hydrogen-bond acceptors (Lipinski definition) is 1. The maximum atomic E-state index is 3.84. The van der Waals surface area contributed by atoms with E-state index in [1.807, 2.05) is 22.8 Å². The van der Waals surface area contributed by atoms with Crippen LogP contribution < -0.4 is 4.65 Å². The molecule has 0 unspecified atom stereocenters. The Balaban J connectivity index is 4.74. The van der Waals surface area contributed by atoms with E-state index < -0.39 is 16.5 Å². The first-order valence-corrected chi connectivity index (χ1v) is 9.60. The van der Waals surface area contributed by atoms with Crippen LogP contribution in [0.5, 0.6) is 0 Å². The molecule has 0 amide bonds. The van der Waals surface area contributed by atoms with Crippen LogP contribution in [0.1, 0.15) is 0 Å². The van der Waals surface area contributed by atoms with Gasteiger partial charge in [-0.15, -0.1) is 26.3 Å². The van der Waals surface area contributed by atoms with Crippen LogP contribution >= 0.6 is 0 Å². The maximum Gasteiger partial charge on any atom is 0.164 e. The molecule has 0 aromatic rings. The van der Waals surface area contributed by atoms with Crippen molar-refractivity contribution < 1.29 is 0 Å². The van der Waals surface area contributed by atoms with Crippen molar-refractivity contribution in [2.24, 2.45) is 0 Å². The Labute approximate surface area is 83.7 Å². The van der Waals surface area contributed by atoms with Crippen molar-refractivity contribution in [3.63, 3.8) is 0 Å². The van der Waals surface area contributed by atoms with E-state index in [2.05, 4.69) is 44.1 Å². The lowest BCUT2D eigenvalue weighted by molar-refractivity contribution is 1.39. The van der Waals surface area contributed by atoms with Crippen LogP contribution in [-0.4, -0.2) is 16.5 Å². The van der Waals surface area contributed by atoms with Crippen molar-refractivity contribution in [2.75, 3.05) is 0 Å². The molecule has 0 aliphatic rings. The third-order valence-corrected chi connectivity index (χ3v) is 9.94. The van der Waals surface area contributed by atoms with Crippen molar-refractivity contribution in [3.05, 3.63) is 49.1 Å². The minimum Gasteiger partial charge on any atom is -0.347 e. The molecular weight excluding hydrogens is 190 g/mol. The highest BCUT2D eigenvalue weighted by atomic mass is 28.4. The van der Waals surface area contributed by atoms with E-state index in [0.29, 0.717) is 0 Å². The standard InChI is InChI=1S/C10H19NSi2/c1-7-12(5,8-2)11-13(6,9-3)10-4/h7-11H,1-4H2,5-6H3. The monoisotopic (exact) mass is 209 g/mol. The van der Waals surface area contributed by atoms with Gasteiger partial charge in [-0.2, -0.15) is 0 Å². The minimum absolute atomic E-state index is 1.68. The Bertz CT molecular complexity index is 193. The zero-order valence-corrected chi connectivity index (χ0v) is 10.6. The van der Waals surface area contributed by atoms with E-state index in [-0.39, 0.29) is 0 Å². The fourth-order valence-corrected chi connectivity index (χ4v) is 7.56. The van der Waals surface area contributed by atoms with Crippen LogP contribution in [-0.2, 0) is 0 Å². The zero-order chi connectivity index (χ0) is 10.5. The fourth-order valence-electron chi connectivity index (χ4n) is 0.951. The van der Waals surface area contributed by atoms with Crippen molar-refractivity contribution in [1.82, 2.24) is 4.65 Å².